The number of benzene rings is 1. The van der Waals surface area contributed by atoms with Gasteiger partial charge in [0.05, 0.1) is 12.5 Å². The highest BCUT2D eigenvalue weighted by molar-refractivity contribution is 6.22. The van der Waals surface area contributed by atoms with Crippen molar-refractivity contribution >= 4 is 17.4 Å². The van der Waals surface area contributed by atoms with Crippen LogP contribution in [-0.2, 0) is 4.74 Å². The Morgan fingerprint density at radius 1 is 1.44 bits per heavy atom. The predicted molar refractivity (Wildman–Crippen MR) is 63.0 cm³/mol. The van der Waals surface area contributed by atoms with E-state index in [1.54, 1.807) is 12.1 Å². The van der Waals surface area contributed by atoms with Gasteiger partial charge in [-0.25, -0.2) is 0 Å². The van der Waals surface area contributed by atoms with Crippen LogP contribution < -0.4 is 5.32 Å². The fraction of sp³-hybridized carbons (Fsp3) is 0.417. The molecule has 1 saturated heterocycles. The van der Waals surface area contributed by atoms with Crippen LogP contribution in [0.5, 0.6) is 0 Å². The zero-order valence-electron chi connectivity index (χ0n) is 8.91. The van der Waals surface area contributed by atoms with E-state index in [0.717, 1.165) is 6.54 Å². The highest BCUT2D eigenvalue weighted by Crippen LogP contribution is 2.21. The Morgan fingerprint density at radius 3 is 2.75 bits per heavy atom. The summed E-state index contributed by atoms with van der Waals surface area (Å²) in [5, 5.41) is 3.15. The molecule has 2 rings (SSSR count). The van der Waals surface area contributed by atoms with Crippen molar-refractivity contribution in [3.63, 3.8) is 0 Å². The van der Waals surface area contributed by atoms with Crippen LogP contribution in [0.2, 0.25) is 0 Å². The number of ether oxygens (including phenoxy) is 1. The van der Waals surface area contributed by atoms with Crippen LogP contribution in [0.3, 0.4) is 0 Å². The number of rotatable bonds is 3. The maximum Gasteiger partial charge on any atom is 0.197 e. The fourth-order valence-electron chi connectivity index (χ4n) is 1.80. The van der Waals surface area contributed by atoms with Crippen LogP contribution >= 0.6 is 11.6 Å². The van der Waals surface area contributed by atoms with Crippen molar-refractivity contribution in [2.75, 3.05) is 25.6 Å². The molecule has 0 aliphatic carbocycles. The molecule has 1 aromatic rings. The first kappa shape index (κ1) is 11.6. The first-order valence-corrected chi connectivity index (χ1v) is 5.82. The summed E-state index contributed by atoms with van der Waals surface area (Å²) in [4.78, 5) is 12.3. The molecule has 16 heavy (non-hydrogen) atoms. The van der Waals surface area contributed by atoms with Crippen LogP contribution in [0.4, 0.5) is 0 Å². The zero-order valence-corrected chi connectivity index (χ0v) is 9.67. The Hall–Kier alpha value is -0.900. The van der Waals surface area contributed by atoms with Crippen molar-refractivity contribution in [1.29, 1.82) is 0 Å². The fourth-order valence-corrected chi connectivity index (χ4v) is 2.10. The number of alkyl halides is 1. The lowest BCUT2D eigenvalue weighted by atomic mass is 9.93. The van der Waals surface area contributed by atoms with Gasteiger partial charge < -0.3 is 10.1 Å². The molecule has 1 heterocycles. The minimum Gasteiger partial charge on any atom is -0.363 e. The lowest BCUT2D eigenvalue weighted by molar-refractivity contribution is -0.0299. The lowest BCUT2D eigenvalue weighted by Gasteiger charge is -2.34. The Kier molecular flexibility index (Phi) is 3.59. The molecule has 0 radical (unpaired) electrons. The van der Waals surface area contributed by atoms with Crippen molar-refractivity contribution in [3.05, 3.63) is 35.9 Å². The van der Waals surface area contributed by atoms with E-state index in [4.69, 9.17) is 16.3 Å². The minimum atomic E-state index is -0.902. The summed E-state index contributed by atoms with van der Waals surface area (Å²) in [5.41, 5.74) is -0.256. The average molecular weight is 240 g/mol. The molecular formula is C12H14ClNO2. The van der Waals surface area contributed by atoms with Crippen LogP contribution in [-0.4, -0.2) is 37.0 Å². The van der Waals surface area contributed by atoms with E-state index in [0.29, 0.717) is 18.7 Å². The second kappa shape index (κ2) is 4.95. The second-order valence-corrected chi connectivity index (χ2v) is 4.12. The number of carbonyl (C=O) groups excluding carboxylic acids is 1. The molecule has 0 bridgehead atoms. The molecule has 3 nitrogen and oxygen atoms in total. The third-order valence-corrected chi connectivity index (χ3v) is 3.17. The monoisotopic (exact) mass is 239 g/mol. The van der Waals surface area contributed by atoms with E-state index in [-0.39, 0.29) is 11.7 Å². The Labute approximate surface area is 99.7 Å². The van der Waals surface area contributed by atoms with Crippen molar-refractivity contribution < 1.29 is 9.53 Å². The van der Waals surface area contributed by atoms with Gasteiger partial charge in [-0.1, -0.05) is 30.3 Å². The molecule has 0 spiro atoms. The van der Waals surface area contributed by atoms with Gasteiger partial charge >= 0.3 is 0 Å². The van der Waals surface area contributed by atoms with Crippen LogP contribution in [0.25, 0.3) is 0 Å². The van der Waals surface area contributed by atoms with Crippen LogP contribution in [0.1, 0.15) is 10.4 Å². The van der Waals surface area contributed by atoms with Gasteiger partial charge in [0.15, 0.2) is 11.4 Å². The topological polar surface area (TPSA) is 38.3 Å². The van der Waals surface area contributed by atoms with Gasteiger partial charge in [0, 0.05) is 18.7 Å². The predicted octanol–water partition coefficient (Wildman–Crippen LogP) is 1.47. The first-order chi connectivity index (χ1) is 7.78. The Morgan fingerprint density at radius 2 is 2.19 bits per heavy atom. The normalized spacial score (nSPS) is 25.3. The molecule has 1 fully saturated rings. The zero-order chi connectivity index (χ0) is 11.4. The Balaban J connectivity index is 2.24. The van der Waals surface area contributed by atoms with E-state index >= 15 is 0 Å². The molecule has 1 atom stereocenters. The van der Waals surface area contributed by atoms with Gasteiger partial charge in [0.25, 0.3) is 0 Å². The second-order valence-electron chi connectivity index (χ2n) is 3.85. The van der Waals surface area contributed by atoms with Gasteiger partial charge in [-0.3, -0.25) is 4.79 Å². The SMILES string of the molecule is O=C(c1ccccc1)C1(CCl)CNCCO1. The molecule has 1 N–H and O–H groups in total. The average Bonchev–Trinajstić information content (AvgIpc) is 2.39. The first-order valence-electron chi connectivity index (χ1n) is 5.29. The molecule has 0 saturated carbocycles. The largest absolute Gasteiger partial charge is 0.363 e. The number of carbonyl (C=O) groups is 1. The smallest absolute Gasteiger partial charge is 0.197 e. The summed E-state index contributed by atoms with van der Waals surface area (Å²) >= 11 is 5.90. The van der Waals surface area contributed by atoms with E-state index in [1.807, 2.05) is 18.2 Å². The molecule has 1 aromatic carbocycles. The molecule has 0 aromatic heterocycles. The van der Waals surface area contributed by atoms with Crippen LogP contribution in [0.15, 0.2) is 30.3 Å². The maximum atomic E-state index is 12.3. The van der Waals surface area contributed by atoms with Crippen molar-refractivity contribution in [2.45, 2.75) is 5.60 Å². The number of morpholine rings is 1. The summed E-state index contributed by atoms with van der Waals surface area (Å²) in [6, 6.07) is 9.13. The summed E-state index contributed by atoms with van der Waals surface area (Å²) in [5.74, 6) is 0.128. The minimum absolute atomic E-state index is 0.0460. The molecule has 1 aliphatic heterocycles. The number of hydrogen-bond acceptors (Lipinski definition) is 3. The Bertz CT molecular complexity index is 361. The van der Waals surface area contributed by atoms with E-state index in [9.17, 15) is 4.79 Å². The van der Waals surface area contributed by atoms with E-state index < -0.39 is 5.60 Å². The number of ketones is 1. The molecule has 4 heteroatoms. The van der Waals surface area contributed by atoms with Gasteiger partial charge in [-0.05, 0) is 0 Å². The molecular weight excluding hydrogens is 226 g/mol. The van der Waals surface area contributed by atoms with Crippen molar-refractivity contribution in [1.82, 2.24) is 5.32 Å². The standard InChI is InChI=1S/C12H14ClNO2/c13-8-12(9-14-6-7-16-12)11(15)10-4-2-1-3-5-10/h1-5,14H,6-9H2. The van der Waals surface area contributed by atoms with Crippen LogP contribution in [0, 0.1) is 0 Å². The molecule has 1 aliphatic rings. The van der Waals surface area contributed by atoms with E-state index in [1.165, 1.54) is 0 Å². The third-order valence-electron chi connectivity index (χ3n) is 2.73. The summed E-state index contributed by atoms with van der Waals surface area (Å²) in [6.07, 6.45) is 0. The van der Waals surface area contributed by atoms with E-state index in [2.05, 4.69) is 5.32 Å². The van der Waals surface area contributed by atoms with Gasteiger partial charge in [0.2, 0.25) is 0 Å². The van der Waals surface area contributed by atoms with Crippen molar-refractivity contribution in [2.24, 2.45) is 0 Å². The molecule has 86 valence electrons. The number of Topliss-reactive ketones (excluding diaryl/α,β-unsaturated/α-hetero) is 1. The molecule has 0 amide bonds. The third kappa shape index (κ3) is 2.12. The summed E-state index contributed by atoms with van der Waals surface area (Å²) in [7, 11) is 0. The maximum absolute atomic E-state index is 12.3. The van der Waals surface area contributed by atoms with Gasteiger partial charge in [0.1, 0.15) is 0 Å². The number of halogens is 1. The van der Waals surface area contributed by atoms with Gasteiger partial charge in [-0.15, -0.1) is 11.6 Å². The lowest BCUT2D eigenvalue weighted by Crippen LogP contribution is -2.56. The highest BCUT2D eigenvalue weighted by Gasteiger charge is 2.40. The summed E-state index contributed by atoms with van der Waals surface area (Å²) < 4.78 is 5.59. The quantitative estimate of drug-likeness (QED) is 0.641. The number of hydrogen-bond donors (Lipinski definition) is 1. The van der Waals surface area contributed by atoms with Crippen molar-refractivity contribution in [3.8, 4) is 0 Å². The number of nitrogens with one attached hydrogen (secondary N) is 1. The summed E-state index contributed by atoms with van der Waals surface area (Å²) in [6.45, 7) is 1.76. The molecule has 1 unspecified atom stereocenters. The highest BCUT2D eigenvalue weighted by atomic mass is 35.5. The van der Waals surface area contributed by atoms with Gasteiger partial charge in [-0.2, -0.15) is 0 Å².